The van der Waals surface area contributed by atoms with Gasteiger partial charge in [-0.15, -0.1) is 0 Å². The lowest BCUT2D eigenvalue weighted by molar-refractivity contribution is 0.230. The lowest BCUT2D eigenvalue weighted by Crippen LogP contribution is -2.26. The minimum Gasteiger partial charge on any atom is -0.494 e. The highest BCUT2D eigenvalue weighted by Gasteiger charge is 2.26. The average Bonchev–Trinajstić information content (AvgIpc) is 2.52. The van der Waals surface area contributed by atoms with Gasteiger partial charge >= 0.3 is 0 Å². The molecule has 1 aliphatic rings. The van der Waals surface area contributed by atoms with Crippen LogP contribution >= 0.6 is 0 Å². The Bertz CT molecular complexity index is 404. The van der Waals surface area contributed by atoms with E-state index in [1.165, 1.54) is 37.7 Å². The highest BCUT2D eigenvalue weighted by Crippen LogP contribution is 2.37. The SMILES string of the molecule is CCCOc1cccc(C(N)C2CCCC(CC)C2)c1. The van der Waals surface area contributed by atoms with Crippen LogP contribution in [0.5, 0.6) is 5.75 Å². The van der Waals surface area contributed by atoms with Crippen LogP contribution in [0.2, 0.25) is 0 Å². The molecule has 0 aromatic heterocycles. The summed E-state index contributed by atoms with van der Waals surface area (Å²) in [6.45, 7) is 5.21. The molecule has 0 saturated heterocycles. The number of hydrogen-bond donors (Lipinski definition) is 1. The van der Waals surface area contributed by atoms with Crippen molar-refractivity contribution in [1.29, 1.82) is 0 Å². The van der Waals surface area contributed by atoms with Gasteiger partial charge in [0.05, 0.1) is 6.61 Å². The molecule has 2 heteroatoms. The minimum absolute atomic E-state index is 0.162. The van der Waals surface area contributed by atoms with Gasteiger partial charge in [-0.1, -0.05) is 45.2 Å². The van der Waals surface area contributed by atoms with Gasteiger partial charge in [0, 0.05) is 6.04 Å². The van der Waals surface area contributed by atoms with Crippen LogP contribution in [-0.4, -0.2) is 6.61 Å². The molecule has 2 nitrogen and oxygen atoms in total. The maximum atomic E-state index is 6.53. The molecule has 3 unspecified atom stereocenters. The molecular formula is C18H29NO. The van der Waals surface area contributed by atoms with Crippen LogP contribution in [0.25, 0.3) is 0 Å². The van der Waals surface area contributed by atoms with Gasteiger partial charge in [0.15, 0.2) is 0 Å². The van der Waals surface area contributed by atoms with Gasteiger partial charge in [0.2, 0.25) is 0 Å². The Morgan fingerprint density at radius 1 is 1.30 bits per heavy atom. The second-order valence-corrected chi connectivity index (χ2v) is 6.15. The van der Waals surface area contributed by atoms with Gasteiger partial charge in [-0.3, -0.25) is 0 Å². The van der Waals surface area contributed by atoms with Crippen LogP contribution in [0, 0.1) is 11.8 Å². The third-order valence-electron chi connectivity index (χ3n) is 4.62. The minimum atomic E-state index is 0.162. The molecule has 0 amide bonds. The average molecular weight is 275 g/mol. The van der Waals surface area contributed by atoms with E-state index in [0.717, 1.165) is 24.7 Å². The van der Waals surface area contributed by atoms with E-state index in [9.17, 15) is 0 Å². The number of nitrogens with two attached hydrogens (primary N) is 1. The van der Waals surface area contributed by atoms with Crippen LogP contribution in [0.15, 0.2) is 24.3 Å². The van der Waals surface area contributed by atoms with Crippen molar-refractivity contribution in [3.8, 4) is 5.75 Å². The van der Waals surface area contributed by atoms with Crippen LogP contribution < -0.4 is 10.5 Å². The van der Waals surface area contributed by atoms with Crippen LogP contribution in [0.4, 0.5) is 0 Å². The van der Waals surface area contributed by atoms with E-state index in [1.54, 1.807) is 0 Å². The first-order valence-corrected chi connectivity index (χ1v) is 8.22. The first-order valence-electron chi connectivity index (χ1n) is 8.22. The lowest BCUT2D eigenvalue weighted by atomic mass is 9.75. The highest BCUT2D eigenvalue weighted by molar-refractivity contribution is 5.30. The van der Waals surface area contributed by atoms with Crippen molar-refractivity contribution in [3.05, 3.63) is 29.8 Å². The molecular weight excluding hydrogens is 246 g/mol. The highest BCUT2D eigenvalue weighted by atomic mass is 16.5. The molecule has 0 aliphatic heterocycles. The van der Waals surface area contributed by atoms with Crippen LogP contribution in [0.1, 0.15) is 64.0 Å². The Morgan fingerprint density at radius 2 is 2.15 bits per heavy atom. The van der Waals surface area contributed by atoms with Gasteiger partial charge in [0.1, 0.15) is 5.75 Å². The molecule has 1 saturated carbocycles. The largest absolute Gasteiger partial charge is 0.494 e. The summed E-state index contributed by atoms with van der Waals surface area (Å²) in [6, 6.07) is 8.55. The van der Waals surface area contributed by atoms with Crippen molar-refractivity contribution in [3.63, 3.8) is 0 Å². The summed E-state index contributed by atoms with van der Waals surface area (Å²) in [5, 5.41) is 0. The Balaban J connectivity index is 2.02. The summed E-state index contributed by atoms with van der Waals surface area (Å²) in [5.41, 5.74) is 7.77. The molecule has 3 atom stereocenters. The summed E-state index contributed by atoms with van der Waals surface area (Å²) in [4.78, 5) is 0. The second kappa shape index (κ2) is 7.68. The summed E-state index contributed by atoms with van der Waals surface area (Å²) in [5.74, 6) is 2.47. The lowest BCUT2D eigenvalue weighted by Gasteiger charge is -2.32. The van der Waals surface area contributed by atoms with Gasteiger partial charge in [-0.2, -0.15) is 0 Å². The fourth-order valence-corrected chi connectivity index (χ4v) is 3.33. The number of rotatable bonds is 6. The molecule has 2 rings (SSSR count). The van der Waals surface area contributed by atoms with Gasteiger partial charge in [-0.25, -0.2) is 0 Å². The van der Waals surface area contributed by atoms with E-state index in [4.69, 9.17) is 10.5 Å². The fraction of sp³-hybridized carbons (Fsp3) is 0.667. The summed E-state index contributed by atoms with van der Waals surface area (Å²) in [7, 11) is 0. The Kier molecular flexibility index (Phi) is 5.90. The van der Waals surface area contributed by atoms with E-state index in [0.29, 0.717) is 5.92 Å². The van der Waals surface area contributed by atoms with Crippen molar-refractivity contribution in [2.75, 3.05) is 6.61 Å². The van der Waals surface area contributed by atoms with E-state index in [1.807, 2.05) is 6.07 Å². The van der Waals surface area contributed by atoms with Crippen LogP contribution in [-0.2, 0) is 0 Å². The summed E-state index contributed by atoms with van der Waals surface area (Å²) >= 11 is 0. The molecule has 112 valence electrons. The summed E-state index contributed by atoms with van der Waals surface area (Å²) in [6.07, 6.45) is 7.62. The third-order valence-corrected chi connectivity index (χ3v) is 4.62. The van der Waals surface area contributed by atoms with Gasteiger partial charge < -0.3 is 10.5 Å². The van der Waals surface area contributed by atoms with E-state index in [2.05, 4.69) is 32.0 Å². The van der Waals surface area contributed by atoms with E-state index in [-0.39, 0.29) is 6.04 Å². The molecule has 0 bridgehead atoms. The standard InChI is InChI=1S/C18H29NO/c1-3-11-20-17-10-6-9-16(13-17)18(19)15-8-5-7-14(4-2)12-15/h6,9-10,13-15,18H,3-5,7-8,11-12,19H2,1-2H3. The zero-order valence-corrected chi connectivity index (χ0v) is 13.0. The number of benzene rings is 1. The Hall–Kier alpha value is -1.02. The molecule has 1 aromatic carbocycles. The Labute approximate surface area is 123 Å². The topological polar surface area (TPSA) is 35.2 Å². The molecule has 20 heavy (non-hydrogen) atoms. The van der Waals surface area contributed by atoms with Crippen molar-refractivity contribution in [1.82, 2.24) is 0 Å². The van der Waals surface area contributed by atoms with Gasteiger partial charge in [-0.05, 0) is 48.8 Å². The maximum absolute atomic E-state index is 6.53. The molecule has 2 N–H and O–H groups in total. The quantitative estimate of drug-likeness (QED) is 0.817. The number of hydrogen-bond acceptors (Lipinski definition) is 2. The van der Waals surface area contributed by atoms with Gasteiger partial charge in [0.25, 0.3) is 0 Å². The molecule has 1 aliphatic carbocycles. The maximum Gasteiger partial charge on any atom is 0.119 e. The third kappa shape index (κ3) is 3.99. The molecule has 1 aromatic rings. The van der Waals surface area contributed by atoms with E-state index < -0.39 is 0 Å². The predicted molar refractivity (Wildman–Crippen MR) is 84.9 cm³/mol. The number of ether oxygens (including phenoxy) is 1. The van der Waals surface area contributed by atoms with Crippen molar-refractivity contribution in [2.24, 2.45) is 17.6 Å². The van der Waals surface area contributed by atoms with E-state index >= 15 is 0 Å². The second-order valence-electron chi connectivity index (χ2n) is 6.15. The smallest absolute Gasteiger partial charge is 0.119 e. The normalized spacial score (nSPS) is 24.4. The van der Waals surface area contributed by atoms with Crippen molar-refractivity contribution in [2.45, 2.75) is 58.4 Å². The zero-order valence-electron chi connectivity index (χ0n) is 13.0. The molecule has 0 radical (unpaired) electrons. The Morgan fingerprint density at radius 3 is 2.90 bits per heavy atom. The van der Waals surface area contributed by atoms with Crippen molar-refractivity contribution >= 4 is 0 Å². The molecule has 0 heterocycles. The molecule has 0 spiro atoms. The van der Waals surface area contributed by atoms with Crippen molar-refractivity contribution < 1.29 is 4.74 Å². The fourth-order valence-electron chi connectivity index (χ4n) is 3.33. The first-order chi connectivity index (χ1) is 9.74. The van der Waals surface area contributed by atoms with Crippen LogP contribution in [0.3, 0.4) is 0 Å². The zero-order chi connectivity index (χ0) is 14.4. The first kappa shape index (κ1) is 15.4. The molecule has 1 fully saturated rings. The summed E-state index contributed by atoms with van der Waals surface area (Å²) < 4.78 is 5.72. The monoisotopic (exact) mass is 275 g/mol. The predicted octanol–water partition coefficient (Wildman–Crippen LogP) is 4.69.